The van der Waals surface area contributed by atoms with Crippen LogP contribution in [0.4, 0.5) is 0 Å². The molecule has 0 amide bonds. The fraction of sp³-hybridized carbons (Fsp3) is 0.500. The van der Waals surface area contributed by atoms with Crippen LogP contribution in [0.3, 0.4) is 0 Å². The van der Waals surface area contributed by atoms with Crippen LogP contribution in [-0.2, 0) is 4.84 Å². The first kappa shape index (κ1) is 8.13. The maximum atomic E-state index is 4.62. The highest BCUT2D eigenvalue weighted by atomic mass is 32.1. The molecule has 5 heteroatoms. The number of hydrogen-bond donors (Lipinski definition) is 0. The van der Waals surface area contributed by atoms with E-state index >= 15 is 0 Å². The molecule has 0 aliphatic heterocycles. The predicted molar refractivity (Wildman–Crippen MR) is 43.9 cm³/mol. The van der Waals surface area contributed by atoms with Crippen LogP contribution in [0.2, 0.25) is 0 Å². The zero-order valence-electron chi connectivity index (χ0n) is 6.66. The summed E-state index contributed by atoms with van der Waals surface area (Å²) < 4.78 is 3.78. The maximum absolute atomic E-state index is 4.62. The minimum Gasteiger partial charge on any atom is -0.399 e. The summed E-state index contributed by atoms with van der Waals surface area (Å²) in [5, 5.41) is 7.63. The van der Waals surface area contributed by atoms with Crippen molar-refractivity contribution in [1.29, 1.82) is 0 Å². The average molecular weight is 171 g/mol. The second kappa shape index (κ2) is 3.43. The molecule has 0 unspecified atom stereocenters. The summed E-state index contributed by atoms with van der Waals surface area (Å²) in [6.07, 6.45) is 0. The lowest BCUT2D eigenvalue weighted by atomic mass is 10.3. The summed E-state index contributed by atoms with van der Waals surface area (Å²) in [6, 6.07) is 0. The van der Waals surface area contributed by atoms with Crippen LogP contribution < -0.4 is 0 Å². The highest BCUT2D eigenvalue weighted by Crippen LogP contribution is 2.10. The lowest BCUT2D eigenvalue weighted by molar-refractivity contribution is 0.213. The van der Waals surface area contributed by atoms with E-state index in [1.807, 2.05) is 13.8 Å². The van der Waals surface area contributed by atoms with Crippen LogP contribution in [0.1, 0.15) is 17.5 Å². The van der Waals surface area contributed by atoms with Crippen LogP contribution in [0.5, 0.6) is 0 Å². The summed E-state index contributed by atoms with van der Waals surface area (Å²) in [5.41, 5.74) is 1.72. The van der Waals surface area contributed by atoms with E-state index in [1.165, 1.54) is 18.6 Å². The van der Waals surface area contributed by atoms with E-state index in [1.54, 1.807) is 0 Å². The lowest BCUT2D eigenvalue weighted by Crippen LogP contribution is -1.94. The largest absolute Gasteiger partial charge is 0.399 e. The smallest absolute Gasteiger partial charge is 0.106 e. The van der Waals surface area contributed by atoms with E-state index in [-0.39, 0.29) is 0 Å². The number of nitrogens with zero attached hydrogens (tertiary/aromatic N) is 3. The molecule has 60 valence electrons. The van der Waals surface area contributed by atoms with Crippen molar-refractivity contribution in [3.63, 3.8) is 0 Å². The van der Waals surface area contributed by atoms with Crippen LogP contribution in [0.25, 0.3) is 0 Å². The van der Waals surface area contributed by atoms with Gasteiger partial charge in [-0.15, -0.1) is 5.10 Å². The monoisotopic (exact) mass is 171 g/mol. The van der Waals surface area contributed by atoms with E-state index in [0.29, 0.717) is 0 Å². The molecule has 1 rings (SSSR count). The molecule has 4 nitrogen and oxygen atoms in total. The van der Waals surface area contributed by atoms with Gasteiger partial charge in [-0.05, 0) is 25.4 Å². The van der Waals surface area contributed by atoms with Crippen molar-refractivity contribution in [3.8, 4) is 0 Å². The minimum atomic E-state index is 0.819. The molecule has 1 aromatic heterocycles. The third kappa shape index (κ3) is 1.74. The van der Waals surface area contributed by atoms with Gasteiger partial charge in [-0.25, -0.2) is 0 Å². The topological polar surface area (TPSA) is 47.4 Å². The molecule has 0 fully saturated rings. The number of oxime groups is 1. The molecular formula is C6H9N3OS. The molecule has 0 radical (unpaired) electrons. The first-order chi connectivity index (χ1) is 5.25. The van der Waals surface area contributed by atoms with E-state index in [4.69, 9.17) is 0 Å². The maximum Gasteiger partial charge on any atom is 0.106 e. The summed E-state index contributed by atoms with van der Waals surface area (Å²) in [7, 11) is 1.52. The molecular weight excluding hydrogens is 162 g/mol. The quantitative estimate of drug-likeness (QED) is 0.496. The fourth-order valence-corrected chi connectivity index (χ4v) is 1.33. The average Bonchev–Trinajstić information content (AvgIpc) is 2.36. The van der Waals surface area contributed by atoms with E-state index in [2.05, 4.69) is 19.6 Å². The molecule has 0 aromatic carbocycles. The molecule has 0 N–H and O–H groups in total. The van der Waals surface area contributed by atoms with Gasteiger partial charge in [0, 0.05) is 0 Å². The van der Waals surface area contributed by atoms with Crippen LogP contribution >= 0.6 is 11.5 Å². The molecule has 1 aromatic rings. The molecule has 0 aliphatic carbocycles. The molecule has 0 saturated carbocycles. The first-order valence-electron chi connectivity index (χ1n) is 3.12. The Hall–Kier alpha value is -0.970. The predicted octanol–water partition coefficient (Wildman–Crippen LogP) is 1.22. The molecule has 1 heterocycles. The number of aromatic nitrogens is 2. The van der Waals surface area contributed by atoms with Crippen LogP contribution in [0.15, 0.2) is 5.16 Å². The van der Waals surface area contributed by atoms with Gasteiger partial charge in [0.15, 0.2) is 0 Å². The van der Waals surface area contributed by atoms with Gasteiger partial charge in [-0.1, -0.05) is 9.64 Å². The fourth-order valence-electron chi connectivity index (χ4n) is 0.740. The lowest BCUT2D eigenvalue weighted by Gasteiger charge is -1.93. The van der Waals surface area contributed by atoms with Gasteiger partial charge in [-0.2, -0.15) is 0 Å². The van der Waals surface area contributed by atoms with Gasteiger partial charge in [0.05, 0.1) is 16.3 Å². The van der Waals surface area contributed by atoms with Crippen molar-refractivity contribution in [2.75, 3.05) is 7.11 Å². The standard InChI is InChI=1S/C6H9N3OS/c1-4-6(11-9-7-4)5(2)8-10-3/h1-3H3/b8-5+. The Balaban J connectivity index is 2.92. The molecule has 0 atom stereocenters. The molecule has 0 aliphatic rings. The first-order valence-corrected chi connectivity index (χ1v) is 3.90. The van der Waals surface area contributed by atoms with Crippen molar-refractivity contribution >= 4 is 17.2 Å². The van der Waals surface area contributed by atoms with Gasteiger partial charge in [0.2, 0.25) is 0 Å². The van der Waals surface area contributed by atoms with Gasteiger partial charge < -0.3 is 4.84 Å². The minimum absolute atomic E-state index is 0.819. The van der Waals surface area contributed by atoms with Crippen molar-refractivity contribution < 1.29 is 4.84 Å². The van der Waals surface area contributed by atoms with E-state index in [9.17, 15) is 0 Å². The Morgan fingerprint density at radius 1 is 1.64 bits per heavy atom. The highest BCUT2D eigenvalue weighted by Gasteiger charge is 2.05. The Morgan fingerprint density at radius 2 is 2.36 bits per heavy atom. The third-order valence-electron chi connectivity index (χ3n) is 1.21. The van der Waals surface area contributed by atoms with Gasteiger partial charge >= 0.3 is 0 Å². The Bertz CT molecular complexity index is 269. The third-order valence-corrected chi connectivity index (χ3v) is 2.15. The summed E-state index contributed by atoms with van der Waals surface area (Å²) >= 11 is 1.33. The Kier molecular flexibility index (Phi) is 2.53. The SMILES string of the molecule is CO/N=C(\C)c1snnc1C. The van der Waals surface area contributed by atoms with E-state index < -0.39 is 0 Å². The van der Waals surface area contributed by atoms with Crippen molar-refractivity contribution in [1.82, 2.24) is 9.59 Å². The molecule has 0 saturated heterocycles. The van der Waals surface area contributed by atoms with Crippen LogP contribution in [0, 0.1) is 6.92 Å². The van der Waals surface area contributed by atoms with Gasteiger partial charge in [0.25, 0.3) is 0 Å². The summed E-state index contributed by atoms with van der Waals surface area (Å²) in [5.74, 6) is 0. The number of hydrogen-bond acceptors (Lipinski definition) is 5. The van der Waals surface area contributed by atoms with Crippen LogP contribution in [-0.4, -0.2) is 22.4 Å². The van der Waals surface area contributed by atoms with Crippen molar-refractivity contribution in [2.24, 2.45) is 5.16 Å². The molecule has 11 heavy (non-hydrogen) atoms. The summed E-state index contributed by atoms with van der Waals surface area (Å²) in [4.78, 5) is 5.60. The molecule has 0 bridgehead atoms. The van der Waals surface area contributed by atoms with Crippen molar-refractivity contribution in [2.45, 2.75) is 13.8 Å². The van der Waals surface area contributed by atoms with Gasteiger partial charge in [-0.3, -0.25) is 0 Å². The number of rotatable bonds is 2. The zero-order valence-corrected chi connectivity index (χ0v) is 7.47. The second-order valence-electron chi connectivity index (χ2n) is 2.05. The van der Waals surface area contributed by atoms with Gasteiger partial charge in [0.1, 0.15) is 7.11 Å². The summed E-state index contributed by atoms with van der Waals surface area (Å²) in [6.45, 7) is 3.76. The zero-order chi connectivity index (χ0) is 8.27. The Labute approximate surface area is 69.0 Å². The highest BCUT2D eigenvalue weighted by molar-refractivity contribution is 7.08. The Morgan fingerprint density at radius 3 is 2.82 bits per heavy atom. The van der Waals surface area contributed by atoms with E-state index in [0.717, 1.165) is 16.3 Å². The normalized spacial score (nSPS) is 11.7. The molecule has 0 spiro atoms. The second-order valence-corrected chi connectivity index (χ2v) is 2.80. The van der Waals surface area contributed by atoms with Crippen molar-refractivity contribution in [3.05, 3.63) is 10.6 Å². The number of aryl methyl sites for hydroxylation is 1.